The molecule has 5 heavy (non-hydrogen) atoms. The van der Waals surface area contributed by atoms with Crippen molar-refractivity contribution in [1.82, 2.24) is 0 Å². The molecular weight excluding hydrogens is 83.0 g/mol. The second-order valence-electron chi connectivity index (χ2n) is 0.304. The molecule has 0 aliphatic carbocycles. The molecule has 0 spiro atoms. The Kier molecular flexibility index (Phi) is 7.71. The summed E-state index contributed by atoms with van der Waals surface area (Å²) < 4.78 is 17.8. The molecular formula is CH3LiO2S. The Morgan fingerprint density at radius 1 is 1.40 bits per heavy atom. The van der Waals surface area contributed by atoms with E-state index in [4.69, 9.17) is 8.42 Å². The van der Waals surface area contributed by atoms with Crippen LogP contribution in [-0.4, -0.2) is 33.1 Å². The van der Waals surface area contributed by atoms with E-state index in [1.807, 2.05) is 0 Å². The molecule has 26 valence electrons. The van der Waals surface area contributed by atoms with E-state index >= 15 is 0 Å². The van der Waals surface area contributed by atoms with Crippen LogP contribution in [0.15, 0.2) is 0 Å². The molecule has 2 nitrogen and oxygen atoms in total. The first-order valence-corrected chi connectivity index (χ1v) is 1.87. The molecule has 0 aliphatic rings. The van der Waals surface area contributed by atoms with Crippen molar-refractivity contribution in [3.05, 3.63) is 0 Å². The molecule has 0 aromatic carbocycles. The molecule has 0 bridgehead atoms. The fourth-order valence-corrected chi connectivity index (χ4v) is 0. The van der Waals surface area contributed by atoms with Crippen molar-refractivity contribution < 1.29 is 8.42 Å². The van der Waals surface area contributed by atoms with Crippen molar-refractivity contribution >= 4 is 35.0 Å². The first-order chi connectivity index (χ1) is 1.73. The van der Waals surface area contributed by atoms with Gasteiger partial charge in [-0.05, 0) is 0 Å². The molecule has 0 aromatic rings. The molecule has 0 rings (SSSR count). The SMILES string of the molecule is C=S(=O)=O.[LiH]. The summed E-state index contributed by atoms with van der Waals surface area (Å²) in [6, 6.07) is 0. The van der Waals surface area contributed by atoms with E-state index < -0.39 is 10.3 Å². The summed E-state index contributed by atoms with van der Waals surface area (Å²) in [5.74, 6) is 2.56. The minimum absolute atomic E-state index is 0. The first-order valence-electron chi connectivity index (χ1n) is 0.622. The second-order valence-corrected chi connectivity index (χ2v) is 0.911. The molecule has 0 aromatic heterocycles. The predicted octanol–water partition coefficient (Wildman–Crippen LogP) is -1.35. The van der Waals surface area contributed by atoms with Gasteiger partial charge in [-0.1, -0.05) is 0 Å². The van der Waals surface area contributed by atoms with Gasteiger partial charge in [0.1, 0.15) is 0 Å². The quantitative estimate of drug-likeness (QED) is 0.270. The second kappa shape index (κ2) is 4.29. The topological polar surface area (TPSA) is 34.1 Å². The van der Waals surface area contributed by atoms with Crippen LogP contribution in [0.1, 0.15) is 0 Å². The number of rotatable bonds is 0. The first kappa shape index (κ1) is 8.99. The van der Waals surface area contributed by atoms with Gasteiger partial charge in [-0.15, -0.1) is 0 Å². The van der Waals surface area contributed by atoms with Crippen LogP contribution in [0.2, 0.25) is 0 Å². The molecule has 0 saturated heterocycles. The van der Waals surface area contributed by atoms with Crippen molar-refractivity contribution in [2.24, 2.45) is 0 Å². The summed E-state index contributed by atoms with van der Waals surface area (Å²) in [5, 5.41) is 0. The zero-order valence-corrected chi connectivity index (χ0v) is 2.75. The number of hydrogen-bond donors (Lipinski definition) is 0. The van der Waals surface area contributed by atoms with Crippen molar-refractivity contribution in [1.29, 1.82) is 0 Å². The summed E-state index contributed by atoms with van der Waals surface area (Å²) in [6.45, 7) is 0. The zero-order valence-electron chi connectivity index (χ0n) is 1.93. The molecule has 0 N–H and O–H groups in total. The molecule has 0 saturated carbocycles. The fourth-order valence-electron chi connectivity index (χ4n) is 0. The van der Waals surface area contributed by atoms with Gasteiger partial charge in [-0.25, -0.2) is 0 Å². The van der Waals surface area contributed by atoms with Crippen molar-refractivity contribution in [3.63, 3.8) is 0 Å². The Balaban J connectivity index is 0. The van der Waals surface area contributed by atoms with Gasteiger partial charge in [0, 0.05) is 5.87 Å². The van der Waals surface area contributed by atoms with E-state index in [-0.39, 0.29) is 18.9 Å². The molecule has 0 radical (unpaired) electrons. The molecule has 4 heteroatoms. The Morgan fingerprint density at radius 2 is 1.40 bits per heavy atom. The Bertz CT molecular complexity index is 79.0. The summed E-state index contributed by atoms with van der Waals surface area (Å²) in [5.41, 5.74) is 0. The molecule has 0 atom stereocenters. The van der Waals surface area contributed by atoms with Crippen LogP contribution in [0.4, 0.5) is 0 Å². The van der Waals surface area contributed by atoms with Crippen LogP contribution in [0, 0.1) is 0 Å². The minimum atomic E-state index is -2.11. The average Bonchev–Trinajstić information content (AvgIpc) is 0.811. The zero-order chi connectivity index (χ0) is 3.58. The third-order valence-corrected chi connectivity index (χ3v) is 0. The molecule has 0 amide bonds. The van der Waals surface area contributed by atoms with E-state index in [1.54, 1.807) is 0 Å². The predicted molar refractivity (Wildman–Crippen MR) is 23.2 cm³/mol. The van der Waals surface area contributed by atoms with E-state index in [0.29, 0.717) is 0 Å². The van der Waals surface area contributed by atoms with E-state index in [1.165, 1.54) is 0 Å². The maximum absolute atomic E-state index is 8.89. The molecule has 0 heterocycles. The van der Waals surface area contributed by atoms with Gasteiger partial charge in [0.05, 0.1) is 0 Å². The number of hydrogen-bond acceptors (Lipinski definition) is 2. The van der Waals surface area contributed by atoms with Gasteiger partial charge in [0.2, 0.25) is 10.3 Å². The molecule has 0 aliphatic heterocycles. The van der Waals surface area contributed by atoms with Crippen LogP contribution in [0.5, 0.6) is 0 Å². The van der Waals surface area contributed by atoms with Crippen molar-refractivity contribution in [2.45, 2.75) is 0 Å². The van der Waals surface area contributed by atoms with E-state index in [9.17, 15) is 0 Å². The third kappa shape index (κ3) is 272. The van der Waals surface area contributed by atoms with E-state index in [0.717, 1.165) is 0 Å². The Labute approximate surface area is 43.9 Å². The maximum atomic E-state index is 8.89. The standard InChI is InChI=1S/CH2O2S.Li.H/c1-4(2)3;;/h1H2;;. The Hall–Kier alpha value is 0.287. The van der Waals surface area contributed by atoms with Gasteiger partial charge in [-0.3, -0.25) is 0 Å². The average molecular weight is 86.0 g/mol. The van der Waals surface area contributed by atoms with Crippen LogP contribution in [0.25, 0.3) is 0 Å². The third-order valence-electron chi connectivity index (χ3n) is 0. The normalized spacial score (nSPS) is 4.80. The fraction of sp³-hybridized carbons (Fsp3) is 0. The van der Waals surface area contributed by atoms with E-state index in [2.05, 4.69) is 5.87 Å². The van der Waals surface area contributed by atoms with Crippen LogP contribution in [-0.2, 0) is 10.3 Å². The molecule has 0 fully saturated rings. The summed E-state index contributed by atoms with van der Waals surface area (Å²) in [4.78, 5) is 0. The van der Waals surface area contributed by atoms with Gasteiger partial charge in [0.15, 0.2) is 0 Å². The molecule has 0 unspecified atom stereocenters. The van der Waals surface area contributed by atoms with Crippen molar-refractivity contribution in [3.8, 4) is 0 Å². The van der Waals surface area contributed by atoms with Gasteiger partial charge >= 0.3 is 18.9 Å². The summed E-state index contributed by atoms with van der Waals surface area (Å²) in [6.07, 6.45) is 0. The van der Waals surface area contributed by atoms with Crippen LogP contribution < -0.4 is 0 Å². The summed E-state index contributed by atoms with van der Waals surface area (Å²) in [7, 11) is -2.11. The summed E-state index contributed by atoms with van der Waals surface area (Å²) >= 11 is 0. The van der Waals surface area contributed by atoms with Crippen LogP contribution in [0.3, 0.4) is 0 Å². The van der Waals surface area contributed by atoms with Gasteiger partial charge in [-0.2, -0.15) is 8.42 Å². The van der Waals surface area contributed by atoms with Gasteiger partial charge in [0.25, 0.3) is 0 Å². The van der Waals surface area contributed by atoms with Crippen LogP contribution >= 0.6 is 0 Å². The monoisotopic (exact) mass is 86.0 g/mol. The van der Waals surface area contributed by atoms with Crippen molar-refractivity contribution in [2.75, 3.05) is 0 Å². The van der Waals surface area contributed by atoms with Gasteiger partial charge < -0.3 is 0 Å². The Morgan fingerprint density at radius 3 is 1.40 bits per heavy atom.